The van der Waals surface area contributed by atoms with Crippen molar-refractivity contribution >= 4 is 11.9 Å². The molecule has 0 spiro atoms. The molecule has 0 aliphatic heterocycles. The van der Waals surface area contributed by atoms with Crippen molar-refractivity contribution in [1.82, 2.24) is 4.90 Å². The summed E-state index contributed by atoms with van der Waals surface area (Å²) in [7, 11) is 0. The van der Waals surface area contributed by atoms with Crippen LogP contribution in [0.4, 0.5) is 0 Å². The van der Waals surface area contributed by atoms with Gasteiger partial charge < -0.3 is 14.7 Å². The smallest absolute Gasteiger partial charge is 0.332 e. The van der Waals surface area contributed by atoms with Crippen molar-refractivity contribution in [2.45, 2.75) is 38.8 Å². The Hall–Kier alpha value is -1.10. The molecule has 1 amide bonds. The summed E-state index contributed by atoms with van der Waals surface area (Å²) in [4.78, 5) is 23.8. The van der Waals surface area contributed by atoms with E-state index in [0.29, 0.717) is 12.6 Å². The predicted molar refractivity (Wildman–Crippen MR) is 53.5 cm³/mol. The van der Waals surface area contributed by atoms with E-state index in [1.54, 1.807) is 4.90 Å². The maximum absolute atomic E-state index is 11.6. The molecule has 0 unspecified atom stereocenters. The van der Waals surface area contributed by atoms with Gasteiger partial charge in [0.2, 0.25) is 5.91 Å². The third-order valence-electron chi connectivity index (χ3n) is 2.45. The molecule has 0 heterocycles. The van der Waals surface area contributed by atoms with Crippen LogP contribution in [0.15, 0.2) is 0 Å². The van der Waals surface area contributed by atoms with Gasteiger partial charge in [0.15, 0.2) is 6.10 Å². The van der Waals surface area contributed by atoms with Crippen molar-refractivity contribution in [1.29, 1.82) is 0 Å². The average molecular weight is 215 g/mol. The maximum Gasteiger partial charge on any atom is 0.332 e. The Kier molecular flexibility index (Phi) is 4.08. The van der Waals surface area contributed by atoms with Crippen molar-refractivity contribution in [2.75, 3.05) is 13.2 Å². The number of hydrogen-bond acceptors (Lipinski definition) is 3. The molecule has 1 rings (SSSR count). The third-order valence-corrected chi connectivity index (χ3v) is 2.45. The normalized spacial score (nSPS) is 17.2. The van der Waals surface area contributed by atoms with Gasteiger partial charge in [0.25, 0.3) is 0 Å². The van der Waals surface area contributed by atoms with Crippen LogP contribution in [0.25, 0.3) is 0 Å². The number of nitrogens with zero attached hydrogens (tertiary/aromatic N) is 1. The highest BCUT2D eigenvalue weighted by Gasteiger charge is 2.31. The van der Waals surface area contributed by atoms with E-state index in [2.05, 4.69) is 0 Å². The fourth-order valence-electron chi connectivity index (χ4n) is 1.37. The Morgan fingerprint density at radius 2 is 2.13 bits per heavy atom. The van der Waals surface area contributed by atoms with Gasteiger partial charge in [0.1, 0.15) is 6.61 Å². The Labute approximate surface area is 89.0 Å². The van der Waals surface area contributed by atoms with E-state index in [1.165, 1.54) is 6.92 Å². The summed E-state index contributed by atoms with van der Waals surface area (Å²) in [5.74, 6) is -1.16. The molecule has 0 saturated heterocycles. The zero-order valence-electron chi connectivity index (χ0n) is 9.10. The number of carbonyl (C=O) groups is 2. The van der Waals surface area contributed by atoms with Crippen LogP contribution in [-0.2, 0) is 14.3 Å². The van der Waals surface area contributed by atoms with Crippen molar-refractivity contribution in [3.63, 3.8) is 0 Å². The second-order valence-corrected chi connectivity index (χ2v) is 3.70. The van der Waals surface area contributed by atoms with Gasteiger partial charge in [0.05, 0.1) is 0 Å². The van der Waals surface area contributed by atoms with Crippen LogP contribution in [0.3, 0.4) is 0 Å². The molecule has 1 fully saturated rings. The molecule has 0 aromatic rings. The molecular formula is C10H17NO4. The predicted octanol–water partition coefficient (Wildman–Crippen LogP) is 0.487. The van der Waals surface area contributed by atoms with E-state index < -0.39 is 12.1 Å². The quantitative estimate of drug-likeness (QED) is 0.700. The number of carboxylic acids is 1. The molecule has 86 valence electrons. The highest BCUT2D eigenvalue weighted by atomic mass is 16.5. The second-order valence-electron chi connectivity index (χ2n) is 3.70. The van der Waals surface area contributed by atoms with Gasteiger partial charge in [-0.25, -0.2) is 4.79 Å². The SMILES string of the molecule is CCN(C(=O)CO[C@@H](C)C(=O)O)C1CC1. The van der Waals surface area contributed by atoms with Crippen LogP contribution in [0, 0.1) is 0 Å². The lowest BCUT2D eigenvalue weighted by molar-refractivity contribution is -0.153. The van der Waals surface area contributed by atoms with Crippen LogP contribution in [0.2, 0.25) is 0 Å². The Morgan fingerprint density at radius 1 is 1.53 bits per heavy atom. The maximum atomic E-state index is 11.6. The number of likely N-dealkylation sites (N-methyl/N-ethyl adjacent to an activating group) is 1. The van der Waals surface area contributed by atoms with Gasteiger partial charge >= 0.3 is 5.97 Å². The molecule has 1 aliphatic rings. The summed E-state index contributed by atoms with van der Waals surface area (Å²) in [6.07, 6.45) is 1.18. The number of carbonyl (C=O) groups excluding carboxylic acids is 1. The monoisotopic (exact) mass is 215 g/mol. The molecule has 1 N–H and O–H groups in total. The fourth-order valence-corrected chi connectivity index (χ4v) is 1.37. The molecule has 5 heteroatoms. The van der Waals surface area contributed by atoms with E-state index in [1.807, 2.05) is 6.92 Å². The largest absolute Gasteiger partial charge is 0.479 e. The minimum Gasteiger partial charge on any atom is -0.479 e. The van der Waals surface area contributed by atoms with E-state index in [0.717, 1.165) is 12.8 Å². The van der Waals surface area contributed by atoms with E-state index >= 15 is 0 Å². The lowest BCUT2D eigenvalue weighted by Gasteiger charge is -2.20. The summed E-state index contributed by atoms with van der Waals surface area (Å²) >= 11 is 0. The minimum atomic E-state index is -1.04. The van der Waals surface area contributed by atoms with Crippen LogP contribution < -0.4 is 0 Å². The molecule has 0 radical (unpaired) electrons. The summed E-state index contributed by atoms with van der Waals surface area (Å²) in [6, 6.07) is 0.353. The van der Waals surface area contributed by atoms with Crippen LogP contribution in [0.5, 0.6) is 0 Å². The molecule has 0 aromatic heterocycles. The van der Waals surface area contributed by atoms with E-state index in [-0.39, 0.29) is 12.5 Å². The van der Waals surface area contributed by atoms with Crippen molar-refractivity contribution < 1.29 is 19.4 Å². The lowest BCUT2D eigenvalue weighted by atomic mass is 10.4. The lowest BCUT2D eigenvalue weighted by Crippen LogP contribution is -2.37. The number of amides is 1. The van der Waals surface area contributed by atoms with Crippen molar-refractivity contribution in [2.24, 2.45) is 0 Å². The number of rotatable bonds is 6. The first kappa shape index (κ1) is 12.0. The number of ether oxygens (including phenoxy) is 1. The Morgan fingerprint density at radius 3 is 2.53 bits per heavy atom. The van der Waals surface area contributed by atoms with Gasteiger partial charge in [-0.1, -0.05) is 0 Å². The standard InChI is InChI=1S/C10H17NO4/c1-3-11(8-4-5-8)9(12)6-15-7(2)10(13)14/h7-8H,3-6H2,1-2H3,(H,13,14)/t7-/m0/s1. The topological polar surface area (TPSA) is 66.8 Å². The summed E-state index contributed by atoms with van der Waals surface area (Å²) in [5.41, 5.74) is 0. The number of aliphatic carboxylic acids is 1. The third kappa shape index (κ3) is 3.51. The van der Waals surface area contributed by atoms with Crippen LogP contribution >= 0.6 is 0 Å². The Bertz CT molecular complexity index is 250. The van der Waals surface area contributed by atoms with Gasteiger partial charge in [-0.3, -0.25) is 4.79 Å². The summed E-state index contributed by atoms with van der Waals surface area (Å²) in [5, 5.41) is 8.56. The first-order chi connectivity index (χ1) is 7.06. The molecule has 1 aliphatic carbocycles. The molecule has 15 heavy (non-hydrogen) atoms. The zero-order valence-corrected chi connectivity index (χ0v) is 9.10. The fraction of sp³-hybridized carbons (Fsp3) is 0.800. The molecular weight excluding hydrogens is 198 g/mol. The molecule has 1 atom stereocenters. The number of carboxylic acid groups (broad SMARTS) is 1. The first-order valence-electron chi connectivity index (χ1n) is 5.20. The van der Waals surface area contributed by atoms with Gasteiger partial charge in [-0.15, -0.1) is 0 Å². The van der Waals surface area contributed by atoms with Gasteiger partial charge in [-0.05, 0) is 26.7 Å². The average Bonchev–Trinajstić information content (AvgIpc) is 2.99. The molecule has 0 aromatic carbocycles. The second kappa shape index (κ2) is 5.11. The Balaban J connectivity index is 2.30. The van der Waals surface area contributed by atoms with Crippen molar-refractivity contribution in [3.05, 3.63) is 0 Å². The van der Waals surface area contributed by atoms with Crippen LogP contribution in [-0.4, -0.2) is 47.2 Å². The van der Waals surface area contributed by atoms with Gasteiger partial charge in [-0.2, -0.15) is 0 Å². The van der Waals surface area contributed by atoms with E-state index in [9.17, 15) is 9.59 Å². The number of hydrogen-bond donors (Lipinski definition) is 1. The molecule has 1 saturated carbocycles. The van der Waals surface area contributed by atoms with Crippen LogP contribution in [0.1, 0.15) is 26.7 Å². The first-order valence-corrected chi connectivity index (χ1v) is 5.20. The molecule has 0 bridgehead atoms. The van der Waals surface area contributed by atoms with E-state index in [4.69, 9.17) is 9.84 Å². The minimum absolute atomic E-state index is 0.117. The highest BCUT2D eigenvalue weighted by Crippen LogP contribution is 2.26. The zero-order chi connectivity index (χ0) is 11.4. The summed E-state index contributed by atoms with van der Waals surface area (Å²) < 4.78 is 4.94. The van der Waals surface area contributed by atoms with Gasteiger partial charge in [0, 0.05) is 12.6 Å². The highest BCUT2D eigenvalue weighted by molar-refractivity contribution is 5.79. The summed E-state index contributed by atoms with van der Waals surface area (Å²) in [6.45, 7) is 3.85. The van der Waals surface area contributed by atoms with Crippen molar-refractivity contribution in [3.8, 4) is 0 Å². The molecule has 5 nitrogen and oxygen atoms in total.